The molecule has 5 nitrogen and oxygen atoms in total. The first-order valence-corrected chi connectivity index (χ1v) is 6.97. The number of hydrogen-bond donors (Lipinski definition) is 3. The zero-order valence-corrected chi connectivity index (χ0v) is 12.6. The van der Waals surface area contributed by atoms with Gasteiger partial charge in [0.15, 0.2) is 23.6 Å². The molecule has 0 bridgehead atoms. The van der Waals surface area contributed by atoms with Crippen LogP contribution in [-0.4, -0.2) is 17.1 Å². The monoisotopic (exact) mass is 340 g/mol. The van der Waals surface area contributed by atoms with E-state index in [1.54, 1.807) is 24.3 Å². The molecule has 1 unspecified atom stereocenters. The number of amides is 1. The standard InChI is InChI=1S/C16H15F3N2O3/c1-9(24-12-4-2-3-10(5-12)8-22)16(23)21-20-11-6-13(17)15(19)14(18)7-11/h2-7,9,20,22H,8H2,1H3,(H,21,23). The van der Waals surface area contributed by atoms with Crippen LogP contribution in [-0.2, 0) is 11.4 Å². The fourth-order valence-electron chi connectivity index (χ4n) is 1.84. The van der Waals surface area contributed by atoms with Crippen molar-refractivity contribution in [3.8, 4) is 5.75 Å². The third-order valence-electron chi connectivity index (χ3n) is 3.08. The van der Waals surface area contributed by atoms with Crippen LogP contribution in [0.25, 0.3) is 0 Å². The van der Waals surface area contributed by atoms with Crippen LogP contribution in [0, 0.1) is 17.5 Å². The zero-order chi connectivity index (χ0) is 17.7. The molecule has 0 aliphatic rings. The van der Waals surface area contributed by atoms with Crippen LogP contribution in [0.2, 0.25) is 0 Å². The van der Waals surface area contributed by atoms with Gasteiger partial charge in [0.25, 0.3) is 5.91 Å². The van der Waals surface area contributed by atoms with E-state index in [0.717, 1.165) is 0 Å². The number of carbonyl (C=O) groups is 1. The summed E-state index contributed by atoms with van der Waals surface area (Å²) in [6.45, 7) is 1.30. The summed E-state index contributed by atoms with van der Waals surface area (Å²) < 4.78 is 44.4. The van der Waals surface area contributed by atoms with Crippen LogP contribution in [0.1, 0.15) is 12.5 Å². The molecule has 0 saturated heterocycles. The normalized spacial score (nSPS) is 11.7. The molecule has 2 aromatic carbocycles. The van der Waals surface area contributed by atoms with Gasteiger partial charge in [0.1, 0.15) is 5.75 Å². The Labute approximate surface area is 136 Å². The molecular weight excluding hydrogens is 325 g/mol. The van der Waals surface area contributed by atoms with E-state index in [2.05, 4.69) is 10.9 Å². The molecule has 0 spiro atoms. The number of hydrazine groups is 1. The van der Waals surface area contributed by atoms with Crippen LogP contribution >= 0.6 is 0 Å². The Morgan fingerprint density at radius 3 is 2.50 bits per heavy atom. The van der Waals surface area contributed by atoms with Crippen molar-refractivity contribution in [3.63, 3.8) is 0 Å². The van der Waals surface area contributed by atoms with Gasteiger partial charge in [0.2, 0.25) is 0 Å². The molecule has 0 aromatic heterocycles. The number of hydrogen-bond acceptors (Lipinski definition) is 4. The summed E-state index contributed by atoms with van der Waals surface area (Å²) in [5, 5.41) is 9.05. The second-order valence-corrected chi connectivity index (χ2v) is 4.93. The Morgan fingerprint density at radius 2 is 1.88 bits per heavy atom. The van der Waals surface area contributed by atoms with Gasteiger partial charge < -0.3 is 9.84 Å². The molecule has 128 valence electrons. The average Bonchev–Trinajstić information content (AvgIpc) is 2.57. The Hall–Kier alpha value is -2.74. The Morgan fingerprint density at radius 1 is 1.21 bits per heavy atom. The van der Waals surface area contributed by atoms with Crippen molar-refractivity contribution in [1.29, 1.82) is 0 Å². The SMILES string of the molecule is CC(Oc1cccc(CO)c1)C(=O)NNc1cc(F)c(F)c(F)c1. The van der Waals surface area contributed by atoms with E-state index in [-0.39, 0.29) is 12.3 Å². The molecule has 0 aliphatic carbocycles. The summed E-state index contributed by atoms with van der Waals surface area (Å²) in [7, 11) is 0. The molecule has 0 aliphatic heterocycles. The molecule has 0 fully saturated rings. The molecule has 0 saturated carbocycles. The topological polar surface area (TPSA) is 70.6 Å². The van der Waals surface area contributed by atoms with Crippen molar-refractivity contribution in [2.75, 3.05) is 5.43 Å². The number of rotatable bonds is 6. The van der Waals surface area contributed by atoms with Crippen molar-refractivity contribution in [2.24, 2.45) is 0 Å². The smallest absolute Gasteiger partial charge is 0.279 e. The maximum atomic E-state index is 13.1. The van der Waals surface area contributed by atoms with Gasteiger partial charge in [0.05, 0.1) is 12.3 Å². The van der Waals surface area contributed by atoms with Crippen LogP contribution in [0.15, 0.2) is 36.4 Å². The second-order valence-electron chi connectivity index (χ2n) is 4.93. The van der Waals surface area contributed by atoms with Gasteiger partial charge in [-0.2, -0.15) is 0 Å². The Bertz CT molecular complexity index is 717. The molecule has 8 heteroatoms. The van der Waals surface area contributed by atoms with E-state index in [9.17, 15) is 18.0 Å². The van der Waals surface area contributed by atoms with E-state index in [1.807, 2.05) is 0 Å². The van der Waals surface area contributed by atoms with E-state index in [4.69, 9.17) is 9.84 Å². The van der Waals surface area contributed by atoms with E-state index < -0.39 is 29.5 Å². The first-order valence-electron chi connectivity index (χ1n) is 6.97. The highest BCUT2D eigenvalue weighted by Gasteiger charge is 2.16. The number of nitrogens with one attached hydrogen (secondary N) is 2. The van der Waals surface area contributed by atoms with E-state index >= 15 is 0 Å². The average molecular weight is 340 g/mol. The van der Waals surface area contributed by atoms with Crippen molar-refractivity contribution in [3.05, 3.63) is 59.4 Å². The quantitative estimate of drug-likeness (QED) is 0.558. The lowest BCUT2D eigenvalue weighted by atomic mass is 10.2. The molecule has 1 amide bonds. The lowest BCUT2D eigenvalue weighted by molar-refractivity contribution is -0.126. The van der Waals surface area contributed by atoms with Crippen molar-refractivity contribution in [1.82, 2.24) is 5.43 Å². The minimum Gasteiger partial charge on any atom is -0.481 e. The zero-order valence-electron chi connectivity index (χ0n) is 12.6. The summed E-state index contributed by atoms with van der Waals surface area (Å²) in [6, 6.07) is 7.94. The summed E-state index contributed by atoms with van der Waals surface area (Å²) in [5.74, 6) is -4.58. The van der Waals surface area contributed by atoms with Crippen molar-refractivity contribution >= 4 is 11.6 Å². The molecule has 3 N–H and O–H groups in total. The van der Waals surface area contributed by atoms with Crippen LogP contribution in [0.5, 0.6) is 5.75 Å². The molecular formula is C16H15F3N2O3. The van der Waals surface area contributed by atoms with Gasteiger partial charge >= 0.3 is 0 Å². The molecule has 24 heavy (non-hydrogen) atoms. The number of carbonyl (C=O) groups excluding carboxylic acids is 1. The third kappa shape index (κ3) is 4.39. The second kappa shape index (κ2) is 7.69. The minimum atomic E-state index is -1.59. The van der Waals surface area contributed by atoms with E-state index in [0.29, 0.717) is 23.4 Å². The van der Waals surface area contributed by atoms with Gasteiger partial charge in [-0.05, 0) is 24.6 Å². The lowest BCUT2D eigenvalue weighted by Gasteiger charge is -2.16. The molecule has 2 rings (SSSR count). The van der Waals surface area contributed by atoms with Crippen LogP contribution in [0.3, 0.4) is 0 Å². The predicted octanol–water partition coefficient (Wildman–Crippen LogP) is 2.51. The number of aliphatic hydroxyl groups excluding tert-OH is 1. The number of benzene rings is 2. The van der Waals surface area contributed by atoms with Crippen molar-refractivity contribution in [2.45, 2.75) is 19.6 Å². The maximum absolute atomic E-state index is 13.1. The fourth-order valence-corrected chi connectivity index (χ4v) is 1.84. The molecule has 2 aromatic rings. The van der Waals surface area contributed by atoms with Gasteiger partial charge in [-0.3, -0.25) is 15.6 Å². The van der Waals surface area contributed by atoms with Gasteiger partial charge in [-0.15, -0.1) is 0 Å². The number of anilines is 1. The summed E-state index contributed by atoms with van der Waals surface area (Å²) in [4.78, 5) is 11.9. The lowest BCUT2D eigenvalue weighted by Crippen LogP contribution is -2.39. The summed E-state index contributed by atoms with van der Waals surface area (Å²) in [5.41, 5.74) is 4.94. The largest absolute Gasteiger partial charge is 0.481 e. The third-order valence-corrected chi connectivity index (χ3v) is 3.08. The maximum Gasteiger partial charge on any atom is 0.279 e. The number of ether oxygens (including phenoxy) is 1. The highest BCUT2D eigenvalue weighted by atomic mass is 19.2. The molecule has 0 heterocycles. The van der Waals surface area contributed by atoms with E-state index in [1.165, 1.54) is 6.92 Å². The predicted molar refractivity (Wildman–Crippen MR) is 80.5 cm³/mol. The highest BCUT2D eigenvalue weighted by molar-refractivity contribution is 5.81. The van der Waals surface area contributed by atoms with Crippen LogP contribution in [0.4, 0.5) is 18.9 Å². The summed E-state index contributed by atoms with van der Waals surface area (Å²) in [6.07, 6.45) is -0.929. The molecule has 1 atom stereocenters. The number of halogens is 3. The number of aliphatic hydroxyl groups is 1. The highest BCUT2D eigenvalue weighted by Crippen LogP contribution is 2.17. The Balaban J connectivity index is 1.94. The first-order chi connectivity index (χ1) is 11.4. The van der Waals surface area contributed by atoms with Gasteiger partial charge in [-0.25, -0.2) is 13.2 Å². The van der Waals surface area contributed by atoms with Crippen molar-refractivity contribution < 1.29 is 27.8 Å². The first kappa shape index (κ1) is 17.6. The molecule has 0 radical (unpaired) electrons. The summed E-state index contributed by atoms with van der Waals surface area (Å²) >= 11 is 0. The van der Waals surface area contributed by atoms with Crippen LogP contribution < -0.4 is 15.6 Å². The Kier molecular flexibility index (Phi) is 5.64. The fraction of sp³-hybridized carbons (Fsp3) is 0.188. The minimum absolute atomic E-state index is 0.158. The van der Waals surface area contributed by atoms with Gasteiger partial charge in [-0.1, -0.05) is 12.1 Å². The van der Waals surface area contributed by atoms with Gasteiger partial charge in [0, 0.05) is 12.1 Å².